The molecule has 1 fully saturated rings. The highest BCUT2D eigenvalue weighted by Crippen LogP contribution is 2.38. The maximum absolute atomic E-state index is 12.5. The minimum Gasteiger partial charge on any atom is -0.483 e. The van der Waals surface area contributed by atoms with E-state index < -0.39 is 0 Å². The molecule has 1 aliphatic heterocycles. The molecule has 1 aliphatic carbocycles. The Morgan fingerprint density at radius 2 is 2.00 bits per heavy atom. The van der Waals surface area contributed by atoms with Crippen LogP contribution in [0.3, 0.4) is 0 Å². The van der Waals surface area contributed by atoms with Crippen molar-refractivity contribution in [2.75, 3.05) is 5.32 Å². The van der Waals surface area contributed by atoms with Crippen LogP contribution in [0.2, 0.25) is 0 Å². The lowest BCUT2D eigenvalue weighted by Gasteiger charge is -2.27. The van der Waals surface area contributed by atoms with E-state index in [1.165, 1.54) is 30.6 Å². The summed E-state index contributed by atoms with van der Waals surface area (Å²) < 4.78 is 1.90. The number of fused-ring (bicyclic) bond motifs is 1. The number of amides is 1. The summed E-state index contributed by atoms with van der Waals surface area (Å²) in [5.74, 6) is 0.379. The lowest BCUT2D eigenvalue weighted by Crippen LogP contribution is -2.27. The first kappa shape index (κ1) is 17.4. The summed E-state index contributed by atoms with van der Waals surface area (Å²) in [6, 6.07) is 0.277. The SMILES string of the molecule is O=C1CC(c2cscn2)c2c(n(C3CCCCC3)[nH]c2=O)N1.O=CO. The minimum absolute atomic E-state index is 0.0472. The average molecular weight is 364 g/mol. The summed E-state index contributed by atoms with van der Waals surface area (Å²) in [5.41, 5.74) is 3.12. The molecule has 8 nitrogen and oxygen atoms in total. The second-order valence-electron chi connectivity index (χ2n) is 6.19. The van der Waals surface area contributed by atoms with E-state index in [1.54, 1.807) is 5.51 Å². The molecule has 1 saturated carbocycles. The second kappa shape index (κ2) is 7.64. The average Bonchev–Trinajstić information content (AvgIpc) is 3.24. The number of H-pyrrole nitrogens is 1. The molecule has 0 bridgehead atoms. The van der Waals surface area contributed by atoms with Gasteiger partial charge in [0.05, 0.1) is 22.8 Å². The van der Waals surface area contributed by atoms with Crippen molar-refractivity contribution in [3.05, 3.63) is 32.5 Å². The molecule has 3 N–H and O–H groups in total. The monoisotopic (exact) mass is 364 g/mol. The molecule has 1 amide bonds. The van der Waals surface area contributed by atoms with Gasteiger partial charge >= 0.3 is 0 Å². The number of aromatic nitrogens is 3. The third-order valence-corrected chi connectivity index (χ3v) is 5.31. The zero-order valence-electron chi connectivity index (χ0n) is 13.6. The van der Waals surface area contributed by atoms with E-state index in [-0.39, 0.29) is 36.3 Å². The van der Waals surface area contributed by atoms with E-state index >= 15 is 0 Å². The number of anilines is 1. The molecule has 0 aromatic carbocycles. The van der Waals surface area contributed by atoms with Crippen LogP contribution in [0.1, 0.15) is 61.7 Å². The summed E-state index contributed by atoms with van der Waals surface area (Å²) in [5, 5.41) is 14.7. The van der Waals surface area contributed by atoms with Crippen LogP contribution in [-0.4, -0.2) is 32.3 Å². The van der Waals surface area contributed by atoms with E-state index in [1.807, 2.05) is 10.1 Å². The van der Waals surface area contributed by atoms with E-state index in [0.29, 0.717) is 11.4 Å². The molecule has 2 aromatic heterocycles. The Hall–Kier alpha value is -2.42. The van der Waals surface area contributed by atoms with Crippen molar-refractivity contribution >= 4 is 29.5 Å². The fourth-order valence-corrected chi connectivity index (χ4v) is 4.25. The van der Waals surface area contributed by atoms with Gasteiger partial charge in [-0.2, -0.15) is 0 Å². The van der Waals surface area contributed by atoms with Gasteiger partial charge in [-0.15, -0.1) is 11.3 Å². The van der Waals surface area contributed by atoms with Crippen molar-refractivity contribution in [1.29, 1.82) is 0 Å². The van der Waals surface area contributed by atoms with Crippen molar-refractivity contribution in [3.8, 4) is 0 Å². The number of nitrogens with zero attached hydrogens (tertiary/aromatic N) is 2. The number of carbonyl (C=O) groups is 2. The number of carbonyl (C=O) groups excluding carboxylic acids is 1. The van der Waals surface area contributed by atoms with Gasteiger partial charge in [-0.3, -0.25) is 24.2 Å². The Morgan fingerprint density at radius 1 is 1.28 bits per heavy atom. The van der Waals surface area contributed by atoms with Crippen molar-refractivity contribution in [2.24, 2.45) is 0 Å². The fraction of sp³-hybridized carbons (Fsp3) is 0.500. The van der Waals surface area contributed by atoms with Crippen LogP contribution >= 0.6 is 11.3 Å². The third-order valence-electron chi connectivity index (χ3n) is 4.71. The maximum atomic E-state index is 12.5. The Morgan fingerprint density at radius 3 is 2.64 bits per heavy atom. The van der Waals surface area contributed by atoms with Crippen LogP contribution in [0, 0.1) is 0 Å². The quantitative estimate of drug-likeness (QED) is 0.707. The number of carboxylic acid groups (broad SMARTS) is 1. The number of rotatable bonds is 2. The zero-order valence-corrected chi connectivity index (χ0v) is 14.4. The number of nitrogens with one attached hydrogen (secondary N) is 2. The number of hydrogen-bond donors (Lipinski definition) is 3. The Labute approximate surface area is 147 Å². The van der Waals surface area contributed by atoms with Crippen molar-refractivity contribution in [3.63, 3.8) is 0 Å². The minimum atomic E-state index is -0.250. The number of thiazole rings is 1. The van der Waals surface area contributed by atoms with E-state index in [2.05, 4.69) is 15.4 Å². The van der Waals surface area contributed by atoms with Crippen LogP contribution in [0.5, 0.6) is 0 Å². The number of hydrogen-bond acceptors (Lipinski definition) is 5. The van der Waals surface area contributed by atoms with Gasteiger partial charge in [-0.1, -0.05) is 19.3 Å². The van der Waals surface area contributed by atoms with Crippen molar-refractivity contribution < 1.29 is 14.7 Å². The molecule has 25 heavy (non-hydrogen) atoms. The van der Waals surface area contributed by atoms with Gasteiger partial charge < -0.3 is 10.4 Å². The molecule has 4 rings (SSSR count). The van der Waals surface area contributed by atoms with Gasteiger partial charge in [0.15, 0.2) is 0 Å². The Balaban J connectivity index is 0.000000569. The number of aromatic amines is 1. The summed E-state index contributed by atoms with van der Waals surface area (Å²) in [6.07, 6.45) is 5.97. The van der Waals surface area contributed by atoms with Gasteiger partial charge in [0.25, 0.3) is 12.0 Å². The normalized spacial score (nSPS) is 20.2. The predicted molar refractivity (Wildman–Crippen MR) is 93.1 cm³/mol. The first-order valence-electron chi connectivity index (χ1n) is 8.26. The molecule has 0 saturated heterocycles. The largest absolute Gasteiger partial charge is 0.483 e. The molecule has 1 atom stereocenters. The molecule has 3 heterocycles. The first-order chi connectivity index (χ1) is 12.2. The Bertz CT molecular complexity index is 790. The molecule has 9 heteroatoms. The van der Waals surface area contributed by atoms with Crippen LogP contribution in [-0.2, 0) is 9.59 Å². The van der Waals surface area contributed by atoms with Gasteiger partial charge in [0, 0.05) is 17.7 Å². The summed E-state index contributed by atoms with van der Waals surface area (Å²) >= 11 is 1.49. The highest BCUT2D eigenvalue weighted by Gasteiger charge is 2.35. The van der Waals surface area contributed by atoms with E-state index in [4.69, 9.17) is 9.90 Å². The molecule has 2 aromatic rings. The first-order valence-corrected chi connectivity index (χ1v) is 9.20. The van der Waals surface area contributed by atoms with E-state index in [9.17, 15) is 9.59 Å². The molecule has 0 spiro atoms. The predicted octanol–water partition coefficient (Wildman–Crippen LogP) is 2.31. The molecule has 0 radical (unpaired) electrons. The van der Waals surface area contributed by atoms with Crippen LogP contribution < -0.4 is 10.9 Å². The van der Waals surface area contributed by atoms with Crippen LogP contribution in [0.4, 0.5) is 5.82 Å². The second-order valence-corrected chi connectivity index (χ2v) is 6.91. The van der Waals surface area contributed by atoms with Crippen molar-refractivity contribution in [1.82, 2.24) is 14.8 Å². The van der Waals surface area contributed by atoms with Crippen LogP contribution in [0.25, 0.3) is 0 Å². The fourth-order valence-electron chi connectivity index (χ4n) is 3.64. The molecule has 1 unspecified atom stereocenters. The summed E-state index contributed by atoms with van der Waals surface area (Å²) in [7, 11) is 0. The third kappa shape index (κ3) is 3.51. The topological polar surface area (TPSA) is 117 Å². The highest BCUT2D eigenvalue weighted by atomic mass is 32.1. The standard InChI is InChI=1S/C15H18N4O2S.CH2O2/c20-12-6-10(11-7-22-8-16-11)13-14(17-12)19(18-15(13)21)9-4-2-1-3-5-9;2-1-3/h7-10H,1-6H2,(H,17,20)(H,18,21);1H,(H,2,3). The van der Waals surface area contributed by atoms with Gasteiger partial charge in [-0.25, -0.2) is 4.98 Å². The van der Waals surface area contributed by atoms with Gasteiger partial charge in [0.2, 0.25) is 5.91 Å². The maximum Gasteiger partial charge on any atom is 0.290 e. The van der Waals surface area contributed by atoms with Crippen LogP contribution in [0.15, 0.2) is 15.7 Å². The molecule has 134 valence electrons. The zero-order chi connectivity index (χ0) is 17.8. The van der Waals surface area contributed by atoms with E-state index in [0.717, 1.165) is 18.5 Å². The van der Waals surface area contributed by atoms with Gasteiger partial charge in [0.1, 0.15) is 5.82 Å². The highest BCUT2D eigenvalue weighted by molar-refractivity contribution is 7.07. The molecule has 2 aliphatic rings. The lowest BCUT2D eigenvalue weighted by molar-refractivity contribution is -0.123. The molecular formula is C16H20N4O4S. The van der Waals surface area contributed by atoms with Crippen molar-refractivity contribution in [2.45, 2.75) is 50.5 Å². The summed E-state index contributed by atoms with van der Waals surface area (Å²) in [6.45, 7) is -0.250. The lowest BCUT2D eigenvalue weighted by atomic mass is 9.91. The molecular weight excluding hydrogens is 344 g/mol. The van der Waals surface area contributed by atoms with Gasteiger partial charge in [-0.05, 0) is 12.8 Å². The smallest absolute Gasteiger partial charge is 0.290 e. The summed E-state index contributed by atoms with van der Waals surface area (Å²) in [4.78, 5) is 37.3. The Kier molecular flexibility index (Phi) is 5.32.